The Labute approximate surface area is 82.1 Å². The number of esters is 1. The van der Waals surface area contributed by atoms with E-state index in [1.807, 2.05) is 0 Å². The van der Waals surface area contributed by atoms with Crippen LogP contribution in [0.3, 0.4) is 0 Å². The molecule has 0 fully saturated rings. The lowest BCUT2D eigenvalue weighted by molar-refractivity contribution is -0.142. The molecule has 0 saturated carbocycles. The number of ether oxygens (including phenoxy) is 1. The van der Waals surface area contributed by atoms with E-state index in [9.17, 15) is 4.79 Å². The molecule has 0 aliphatic rings. The van der Waals surface area contributed by atoms with Gasteiger partial charge in [-0.2, -0.15) is 0 Å². The number of pyridine rings is 1. The molecular formula is C9H13N3O2. The summed E-state index contributed by atoms with van der Waals surface area (Å²) in [6.07, 6.45) is 1.56. The number of nitrogens with zero attached hydrogens (tertiary/aromatic N) is 1. The van der Waals surface area contributed by atoms with Gasteiger partial charge in [-0.3, -0.25) is 9.78 Å². The summed E-state index contributed by atoms with van der Waals surface area (Å²) >= 11 is 0. The lowest BCUT2D eigenvalue weighted by atomic mass is 10.2. The van der Waals surface area contributed by atoms with Crippen LogP contribution < -0.4 is 11.5 Å². The fourth-order valence-corrected chi connectivity index (χ4v) is 0.984. The van der Waals surface area contributed by atoms with Crippen LogP contribution in [0.2, 0.25) is 0 Å². The zero-order chi connectivity index (χ0) is 10.6. The number of aromatic nitrogens is 1. The van der Waals surface area contributed by atoms with Gasteiger partial charge < -0.3 is 16.2 Å². The molecule has 1 heterocycles. The summed E-state index contributed by atoms with van der Waals surface area (Å²) in [7, 11) is 0. The van der Waals surface area contributed by atoms with E-state index in [-0.39, 0.29) is 12.4 Å². The van der Waals surface area contributed by atoms with Crippen molar-refractivity contribution < 1.29 is 9.53 Å². The molecule has 76 valence electrons. The van der Waals surface area contributed by atoms with Gasteiger partial charge in [0.05, 0.1) is 36.3 Å². The quantitative estimate of drug-likeness (QED) is 0.679. The third kappa shape index (κ3) is 2.62. The fourth-order valence-electron chi connectivity index (χ4n) is 0.984. The Bertz CT molecular complexity index is 339. The predicted octanol–water partition coefficient (Wildman–Crippen LogP) is 0.352. The zero-order valence-electron chi connectivity index (χ0n) is 7.99. The van der Waals surface area contributed by atoms with Crippen LogP contribution in [0.1, 0.15) is 12.6 Å². The van der Waals surface area contributed by atoms with Crippen LogP contribution in [-0.4, -0.2) is 17.6 Å². The molecule has 0 spiro atoms. The van der Waals surface area contributed by atoms with E-state index < -0.39 is 0 Å². The van der Waals surface area contributed by atoms with Gasteiger partial charge in [0.25, 0.3) is 0 Å². The molecule has 0 aliphatic carbocycles. The van der Waals surface area contributed by atoms with Crippen molar-refractivity contribution in [3.8, 4) is 0 Å². The first-order valence-electron chi connectivity index (χ1n) is 4.29. The second-order valence-corrected chi connectivity index (χ2v) is 2.79. The molecule has 0 unspecified atom stereocenters. The highest BCUT2D eigenvalue weighted by Crippen LogP contribution is 2.13. The number of nitrogens with two attached hydrogens (primary N) is 2. The van der Waals surface area contributed by atoms with Crippen LogP contribution in [0.15, 0.2) is 12.3 Å². The van der Waals surface area contributed by atoms with Gasteiger partial charge in [-0.1, -0.05) is 0 Å². The Balaban J connectivity index is 2.68. The monoisotopic (exact) mass is 195 g/mol. The Hall–Kier alpha value is -1.78. The maximum Gasteiger partial charge on any atom is 0.311 e. The van der Waals surface area contributed by atoms with Crippen LogP contribution >= 0.6 is 0 Å². The minimum absolute atomic E-state index is 0.123. The van der Waals surface area contributed by atoms with E-state index in [4.69, 9.17) is 16.2 Å². The van der Waals surface area contributed by atoms with E-state index in [0.717, 1.165) is 0 Å². The van der Waals surface area contributed by atoms with Crippen molar-refractivity contribution in [2.45, 2.75) is 13.3 Å². The average molecular weight is 195 g/mol. The number of anilines is 2. The molecule has 0 saturated heterocycles. The fraction of sp³-hybridized carbons (Fsp3) is 0.333. The van der Waals surface area contributed by atoms with E-state index in [2.05, 4.69) is 4.98 Å². The van der Waals surface area contributed by atoms with Crippen molar-refractivity contribution >= 4 is 17.3 Å². The van der Waals surface area contributed by atoms with Crippen molar-refractivity contribution in [3.63, 3.8) is 0 Å². The maximum absolute atomic E-state index is 11.1. The number of nitrogen functional groups attached to an aromatic ring is 2. The first-order valence-corrected chi connectivity index (χ1v) is 4.29. The third-order valence-electron chi connectivity index (χ3n) is 1.66. The lowest BCUT2D eigenvalue weighted by Crippen LogP contribution is -2.09. The minimum atomic E-state index is -0.316. The maximum atomic E-state index is 11.1. The molecule has 0 radical (unpaired) electrons. The number of carbonyl (C=O) groups excluding carboxylic acids is 1. The van der Waals surface area contributed by atoms with E-state index in [0.29, 0.717) is 23.7 Å². The molecule has 1 aromatic rings. The molecule has 0 aliphatic heterocycles. The van der Waals surface area contributed by atoms with Crippen LogP contribution in [0, 0.1) is 0 Å². The molecule has 0 atom stereocenters. The Kier molecular flexibility index (Phi) is 3.28. The highest BCUT2D eigenvalue weighted by molar-refractivity contribution is 5.73. The summed E-state index contributed by atoms with van der Waals surface area (Å²) in [4.78, 5) is 15.0. The van der Waals surface area contributed by atoms with Gasteiger partial charge in [-0.15, -0.1) is 0 Å². The molecule has 1 rings (SSSR count). The van der Waals surface area contributed by atoms with E-state index in [1.165, 1.54) is 6.20 Å². The topological polar surface area (TPSA) is 91.2 Å². The standard InChI is InChI=1S/C9H13N3O2/c1-2-14-9(13)4-6-3-7(10)8(11)5-12-6/h3,5H,2,4,11H2,1H3,(H2,10,12). The van der Waals surface area contributed by atoms with Crippen molar-refractivity contribution in [3.05, 3.63) is 18.0 Å². The Morgan fingerprint density at radius 2 is 2.21 bits per heavy atom. The molecular weight excluding hydrogens is 182 g/mol. The van der Waals surface area contributed by atoms with Gasteiger partial charge >= 0.3 is 5.97 Å². The van der Waals surface area contributed by atoms with Gasteiger partial charge in [0, 0.05) is 0 Å². The summed E-state index contributed by atoms with van der Waals surface area (Å²) in [5.41, 5.74) is 12.4. The lowest BCUT2D eigenvalue weighted by Gasteiger charge is -2.03. The Morgan fingerprint density at radius 1 is 1.50 bits per heavy atom. The summed E-state index contributed by atoms with van der Waals surface area (Å²) in [5.74, 6) is -0.316. The predicted molar refractivity (Wildman–Crippen MR) is 53.4 cm³/mol. The SMILES string of the molecule is CCOC(=O)Cc1cc(N)c(N)cn1. The molecule has 0 aromatic carbocycles. The number of carbonyl (C=O) groups is 1. The van der Waals surface area contributed by atoms with Crippen molar-refractivity contribution in [1.29, 1.82) is 0 Å². The van der Waals surface area contributed by atoms with Crippen molar-refractivity contribution in [2.75, 3.05) is 18.1 Å². The van der Waals surface area contributed by atoms with Crippen LogP contribution in [0.5, 0.6) is 0 Å². The number of rotatable bonds is 3. The number of hydrogen-bond acceptors (Lipinski definition) is 5. The van der Waals surface area contributed by atoms with Gasteiger partial charge in [-0.05, 0) is 13.0 Å². The zero-order valence-corrected chi connectivity index (χ0v) is 7.99. The Morgan fingerprint density at radius 3 is 2.79 bits per heavy atom. The highest BCUT2D eigenvalue weighted by Gasteiger charge is 2.06. The second kappa shape index (κ2) is 4.45. The van der Waals surface area contributed by atoms with Gasteiger partial charge in [0.1, 0.15) is 0 Å². The van der Waals surface area contributed by atoms with Gasteiger partial charge in [-0.25, -0.2) is 0 Å². The first-order chi connectivity index (χ1) is 6.63. The van der Waals surface area contributed by atoms with E-state index in [1.54, 1.807) is 13.0 Å². The minimum Gasteiger partial charge on any atom is -0.466 e. The summed E-state index contributed by atoms with van der Waals surface area (Å²) < 4.78 is 4.76. The van der Waals surface area contributed by atoms with Crippen LogP contribution in [0.4, 0.5) is 11.4 Å². The normalized spacial score (nSPS) is 9.79. The largest absolute Gasteiger partial charge is 0.466 e. The molecule has 4 N–H and O–H groups in total. The van der Waals surface area contributed by atoms with Crippen molar-refractivity contribution in [1.82, 2.24) is 4.98 Å². The summed E-state index contributed by atoms with van der Waals surface area (Å²) in [6.45, 7) is 2.12. The molecule has 0 amide bonds. The smallest absolute Gasteiger partial charge is 0.311 e. The summed E-state index contributed by atoms with van der Waals surface area (Å²) in [6, 6.07) is 1.58. The molecule has 1 aromatic heterocycles. The molecule has 5 nitrogen and oxygen atoms in total. The van der Waals surface area contributed by atoms with Gasteiger partial charge in [0.15, 0.2) is 0 Å². The average Bonchev–Trinajstić information content (AvgIpc) is 2.12. The van der Waals surface area contributed by atoms with E-state index >= 15 is 0 Å². The summed E-state index contributed by atoms with van der Waals surface area (Å²) in [5, 5.41) is 0. The first kappa shape index (κ1) is 10.3. The highest BCUT2D eigenvalue weighted by atomic mass is 16.5. The van der Waals surface area contributed by atoms with Crippen molar-refractivity contribution in [2.24, 2.45) is 0 Å². The molecule has 0 bridgehead atoms. The van der Waals surface area contributed by atoms with Crippen LogP contribution in [0.25, 0.3) is 0 Å². The number of hydrogen-bond donors (Lipinski definition) is 2. The molecule has 14 heavy (non-hydrogen) atoms. The van der Waals surface area contributed by atoms with Crippen LogP contribution in [-0.2, 0) is 16.0 Å². The third-order valence-corrected chi connectivity index (χ3v) is 1.66. The second-order valence-electron chi connectivity index (χ2n) is 2.79. The van der Waals surface area contributed by atoms with Gasteiger partial charge in [0.2, 0.25) is 0 Å². The molecule has 5 heteroatoms.